The molecule has 1 saturated heterocycles. The van der Waals surface area contributed by atoms with Crippen molar-refractivity contribution >= 4 is 23.6 Å². The van der Waals surface area contributed by atoms with Crippen LogP contribution in [-0.4, -0.2) is 48.0 Å². The molecular weight excluding hydrogens is 262 g/mol. The molecule has 2 rings (SSSR count). The minimum absolute atomic E-state index is 0.180. The predicted molar refractivity (Wildman–Crippen MR) is 76.0 cm³/mol. The van der Waals surface area contributed by atoms with Crippen molar-refractivity contribution in [3.05, 3.63) is 0 Å². The predicted octanol–water partition coefficient (Wildman–Crippen LogP) is 2.07. The molecule has 0 unspecified atom stereocenters. The Morgan fingerprint density at radius 2 is 2.00 bits per heavy atom. The van der Waals surface area contributed by atoms with E-state index in [0.717, 1.165) is 25.9 Å². The van der Waals surface area contributed by atoms with Crippen LogP contribution >= 0.6 is 11.8 Å². The van der Waals surface area contributed by atoms with Crippen molar-refractivity contribution in [2.24, 2.45) is 5.92 Å². The van der Waals surface area contributed by atoms with E-state index in [0.29, 0.717) is 22.8 Å². The van der Waals surface area contributed by atoms with Gasteiger partial charge in [0, 0.05) is 24.8 Å². The van der Waals surface area contributed by atoms with E-state index in [1.807, 2.05) is 4.90 Å². The highest BCUT2D eigenvalue weighted by Crippen LogP contribution is 2.29. The Kier molecular flexibility index (Phi) is 5.55. The molecule has 2 fully saturated rings. The number of esters is 1. The summed E-state index contributed by atoms with van der Waals surface area (Å²) in [5, 5.41) is 0.395. The largest absolute Gasteiger partial charge is 0.468 e. The first kappa shape index (κ1) is 14.7. The van der Waals surface area contributed by atoms with Crippen molar-refractivity contribution in [2.45, 2.75) is 43.8 Å². The quantitative estimate of drug-likeness (QED) is 0.726. The van der Waals surface area contributed by atoms with Crippen LogP contribution in [0, 0.1) is 5.92 Å². The maximum absolute atomic E-state index is 12.2. The molecule has 0 spiro atoms. The lowest BCUT2D eigenvalue weighted by atomic mass is 10.0. The molecule has 1 atom stereocenters. The molecule has 0 radical (unpaired) electrons. The molecule has 1 aliphatic heterocycles. The van der Waals surface area contributed by atoms with E-state index in [1.54, 1.807) is 11.8 Å². The molecule has 0 aromatic heterocycles. The van der Waals surface area contributed by atoms with Crippen LogP contribution in [0.3, 0.4) is 0 Å². The van der Waals surface area contributed by atoms with E-state index < -0.39 is 0 Å². The molecule has 0 bridgehead atoms. The normalized spacial score (nSPS) is 23.8. The first-order chi connectivity index (χ1) is 9.19. The van der Waals surface area contributed by atoms with Gasteiger partial charge in [0.15, 0.2) is 0 Å². The van der Waals surface area contributed by atoms with E-state index >= 15 is 0 Å². The highest BCUT2D eigenvalue weighted by atomic mass is 32.2. The van der Waals surface area contributed by atoms with Gasteiger partial charge in [-0.3, -0.25) is 9.59 Å². The molecule has 108 valence electrons. The summed E-state index contributed by atoms with van der Waals surface area (Å²) in [6, 6.07) is 0. The van der Waals surface area contributed by atoms with Gasteiger partial charge >= 0.3 is 5.97 Å². The zero-order valence-electron chi connectivity index (χ0n) is 11.6. The first-order valence-corrected chi connectivity index (χ1v) is 8.20. The number of ether oxygens (including phenoxy) is 1. The van der Waals surface area contributed by atoms with E-state index in [-0.39, 0.29) is 5.97 Å². The Balaban J connectivity index is 1.68. The third kappa shape index (κ3) is 4.41. The maximum atomic E-state index is 12.2. The summed E-state index contributed by atoms with van der Waals surface area (Å²) in [6.45, 7) is 1.65. The Hall–Kier alpha value is -0.710. The van der Waals surface area contributed by atoms with Crippen LogP contribution < -0.4 is 0 Å². The molecule has 0 N–H and O–H groups in total. The van der Waals surface area contributed by atoms with Gasteiger partial charge in [0.1, 0.15) is 0 Å². The van der Waals surface area contributed by atoms with Crippen LogP contribution in [0.4, 0.5) is 0 Å². The smallest absolute Gasteiger partial charge is 0.315 e. The number of methoxy groups -OCH3 is 1. The standard InChI is InChI=1S/C14H23NO3S/c1-18-14(17)10-19-12-6-7-15(9-12)13(16)8-11-4-2-3-5-11/h11-12H,2-10H2,1H3/t12-/m0/s1. The first-order valence-electron chi connectivity index (χ1n) is 7.15. The Bertz CT molecular complexity index is 329. The maximum Gasteiger partial charge on any atom is 0.315 e. The Morgan fingerprint density at radius 1 is 1.26 bits per heavy atom. The number of amides is 1. The number of hydrogen-bond donors (Lipinski definition) is 0. The fraction of sp³-hybridized carbons (Fsp3) is 0.857. The van der Waals surface area contributed by atoms with Crippen molar-refractivity contribution in [3.8, 4) is 0 Å². The van der Waals surface area contributed by atoms with Crippen LogP contribution in [0.15, 0.2) is 0 Å². The van der Waals surface area contributed by atoms with E-state index in [4.69, 9.17) is 0 Å². The molecule has 2 aliphatic rings. The second kappa shape index (κ2) is 7.17. The molecular formula is C14H23NO3S. The summed E-state index contributed by atoms with van der Waals surface area (Å²) in [5.41, 5.74) is 0. The van der Waals surface area contributed by atoms with Crippen LogP contribution in [0.1, 0.15) is 38.5 Å². The van der Waals surface area contributed by atoms with Gasteiger partial charge in [-0.1, -0.05) is 12.8 Å². The Morgan fingerprint density at radius 3 is 2.68 bits per heavy atom. The minimum Gasteiger partial charge on any atom is -0.468 e. The van der Waals surface area contributed by atoms with Gasteiger partial charge in [0.05, 0.1) is 12.9 Å². The molecule has 1 aliphatic carbocycles. The number of carbonyl (C=O) groups excluding carboxylic acids is 2. The SMILES string of the molecule is COC(=O)CS[C@H]1CCN(C(=O)CC2CCCC2)C1. The number of nitrogens with zero attached hydrogens (tertiary/aromatic N) is 1. The van der Waals surface area contributed by atoms with E-state index in [9.17, 15) is 9.59 Å². The second-order valence-corrected chi connectivity index (χ2v) is 6.78. The summed E-state index contributed by atoms with van der Waals surface area (Å²) < 4.78 is 4.63. The molecule has 1 amide bonds. The lowest BCUT2D eigenvalue weighted by molar-refractivity contribution is -0.137. The van der Waals surface area contributed by atoms with E-state index in [1.165, 1.54) is 32.8 Å². The molecule has 5 heteroatoms. The number of thioether (sulfide) groups is 1. The van der Waals surface area contributed by atoms with Crippen molar-refractivity contribution in [3.63, 3.8) is 0 Å². The van der Waals surface area contributed by atoms with Crippen molar-refractivity contribution in [2.75, 3.05) is 26.0 Å². The fourth-order valence-corrected chi connectivity index (χ4v) is 3.97. The van der Waals surface area contributed by atoms with Crippen molar-refractivity contribution < 1.29 is 14.3 Å². The zero-order valence-corrected chi connectivity index (χ0v) is 12.4. The molecule has 19 heavy (non-hydrogen) atoms. The summed E-state index contributed by atoms with van der Waals surface area (Å²) >= 11 is 1.61. The average Bonchev–Trinajstić information content (AvgIpc) is 3.06. The molecule has 0 aromatic rings. The van der Waals surface area contributed by atoms with Crippen LogP contribution in [-0.2, 0) is 14.3 Å². The fourth-order valence-electron chi connectivity index (χ4n) is 2.93. The third-order valence-corrected chi connectivity index (χ3v) is 5.36. The van der Waals surface area contributed by atoms with Gasteiger partial charge in [0.25, 0.3) is 0 Å². The summed E-state index contributed by atoms with van der Waals surface area (Å²) in [5.74, 6) is 1.15. The molecule has 0 aromatic carbocycles. The number of likely N-dealkylation sites (tertiary alicyclic amines) is 1. The summed E-state index contributed by atoms with van der Waals surface area (Å²) in [6.07, 6.45) is 6.75. The summed E-state index contributed by atoms with van der Waals surface area (Å²) in [7, 11) is 1.41. The topological polar surface area (TPSA) is 46.6 Å². The van der Waals surface area contributed by atoms with Gasteiger partial charge < -0.3 is 9.64 Å². The van der Waals surface area contributed by atoms with Crippen LogP contribution in [0.5, 0.6) is 0 Å². The number of carbonyl (C=O) groups is 2. The summed E-state index contributed by atoms with van der Waals surface area (Å²) in [4.78, 5) is 25.2. The molecule has 4 nitrogen and oxygen atoms in total. The lowest BCUT2D eigenvalue weighted by Gasteiger charge is -2.18. The van der Waals surface area contributed by atoms with E-state index in [2.05, 4.69) is 4.74 Å². The minimum atomic E-state index is -0.180. The van der Waals surface area contributed by atoms with Gasteiger partial charge in [-0.25, -0.2) is 0 Å². The Labute approximate surface area is 119 Å². The van der Waals surface area contributed by atoms with Crippen LogP contribution in [0.2, 0.25) is 0 Å². The third-order valence-electron chi connectivity index (χ3n) is 4.10. The monoisotopic (exact) mass is 285 g/mol. The highest BCUT2D eigenvalue weighted by Gasteiger charge is 2.29. The number of rotatable bonds is 5. The zero-order chi connectivity index (χ0) is 13.7. The number of hydrogen-bond acceptors (Lipinski definition) is 4. The van der Waals surface area contributed by atoms with Crippen molar-refractivity contribution in [1.29, 1.82) is 0 Å². The van der Waals surface area contributed by atoms with Crippen molar-refractivity contribution in [1.82, 2.24) is 4.90 Å². The van der Waals surface area contributed by atoms with Gasteiger partial charge in [-0.05, 0) is 25.2 Å². The highest BCUT2D eigenvalue weighted by molar-refractivity contribution is 8.00. The van der Waals surface area contributed by atoms with Gasteiger partial charge in [-0.2, -0.15) is 0 Å². The van der Waals surface area contributed by atoms with Gasteiger partial charge in [-0.15, -0.1) is 11.8 Å². The van der Waals surface area contributed by atoms with Gasteiger partial charge in [0.2, 0.25) is 5.91 Å². The average molecular weight is 285 g/mol. The molecule has 1 saturated carbocycles. The van der Waals surface area contributed by atoms with Crippen LogP contribution in [0.25, 0.3) is 0 Å². The molecule has 1 heterocycles. The second-order valence-electron chi connectivity index (χ2n) is 5.49. The lowest BCUT2D eigenvalue weighted by Crippen LogP contribution is -2.30.